The summed E-state index contributed by atoms with van der Waals surface area (Å²) in [5.74, 6) is 0.213. The number of hydrogen-bond donors (Lipinski definition) is 4. The first-order valence-corrected chi connectivity index (χ1v) is 5.42. The molecule has 1 fully saturated rings. The highest BCUT2D eigenvalue weighted by atomic mass is 16.6. The van der Waals surface area contributed by atoms with Gasteiger partial charge in [0.25, 0.3) is 0 Å². The van der Waals surface area contributed by atoms with E-state index in [-0.39, 0.29) is 12.4 Å². The molecule has 18 heavy (non-hydrogen) atoms. The Morgan fingerprint density at radius 3 is 2.94 bits per heavy atom. The van der Waals surface area contributed by atoms with Crippen LogP contribution in [0, 0.1) is 6.33 Å². The molecule has 1 unspecified atom stereocenters. The minimum Gasteiger partial charge on any atom is -0.394 e. The fourth-order valence-corrected chi connectivity index (χ4v) is 1.95. The Balaban J connectivity index is 1.94. The second-order valence-electron chi connectivity index (χ2n) is 4.07. The molecule has 1 saturated heterocycles. The Hall–Kier alpha value is -1.61. The lowest BCUT2D eigenvalue weighted by Crippen LogP contribution is -2.32. The van der Waals surface area contributed by atoms with Gasteiger partial charge in [0.05, 0.1) is 12.8 Å². The van der Waals surface area contributed by atoms with Crippen LogP contribution in [-0.2, 0) is 4.74 Å². The van der Waals surface area contributed by atoms with Gasteiger partial charge in [-0.05, 0) is 0 Å². The second kappa shape index (κ2) is 4.25. The lowest BCUT2D eigenvalue weighted by molar-refractivity contribution is -0.0252. The summed E-state index contributed by atoms with van der Waals surface area (Å²) in [6.07, 6.45) is -0.0336. The molecule has 3 heterocycles. The summed E-state index contributed by atoms with van der Waals surface area (Å²) in [6, 6.07) is 0. The number of aliphatic hydroxyl groups excluding tert-OH is 3. The molecule has 8 nitrogen and oxygen atoms in total. The Labute approximate surface area is 101 Å². The number of H-pyrrole nitrogens is 1. The van der Waals surface area contributed by atoms with E-state index in [0.29, 0.717) is 11.2 Å². The number of ether oxygens (including phenoxy) is 1. The molecule has 2 aromatic heterocycles. The third kappa shape index (κ3) is 1.66. The number of hydrogen-bond acceptors (Lipinski definition) is 7. The van der Waals surface area contributed by atoms with Crippen LogP contribution >= 0.6 is 0 Å². The first-order valence-electron chi connectivity index (χ1n) is 5.42. The summed E-state index contributed by atoms with van der Waals surface area (Å²) < 4.78 is 5.32. The van der Waals surface area contributed by atoms with Crippen molar-refractivity contribution in [1.82, 2.24) is 19.9 Å². The van der Waals surface area contributed by atoms with Crippen molar-refractivity contribution in [3.05, 3.63) is 18.3 Å². The summed E-state index contributed by atoms with van der Waals surface area (Å²) in [5.41, 5.74) is 1.02. The third-order valence-electron chi connectivity index (χ3n) is 2.94. The van der Waals surface area contributed by atoms with E-state index in [2.05, 4.69) is 26.3 Å². The van der Waals surface area contributed by atoms with Gasteiger partial charge in [0.1, 0.15) is 29.9 Å². The zero-order chi connectivity index (χ0) is 12.7. The van der Waals surface area contributed by atoms with E-state index in [1.54, 1.807) is 0 Å². The second-order valence-corrected chi connectivity index (χ2v) is 4.07. The lowest BCUT2D eigenvalue weighted by Gasteiger charge is -2.12. The summed E-state index contributed by atoms with van der Waals surface area (Å²) in [6.45, 7) is -0.382. The van der Waals surface area contributed by atoms with Gasteiger partial charge in [-0.2, -0.15) is 0 Å². The number of aromatic amines is 1. The topological polar surface area (TPSA) is 124 Å². The van der Waals surface area contributed by atoms with Crippen LogP contribution in [0.4, 0.5) is 0 Å². The molecule has 0 aromatic carbocycles. The van der Waals surface area contributed by atoms with Crippen molar-refractivity contribution in [3.63, 3.8) is 0 Å². The summed E-state index contributed by atoms with van der Waals surface area (Å²) in [5, 5.41) is 28.5. The molecule has 1 radical (unpaired) electrons. The monoisotopic (exact) mass is 251 g/mol. The number of nitrogens with one attached hydrogen (secondary N) is 1. The summed E-state index contributed by atoms with van der Waals surface area (Å²) in [4.78, 5) is 14.7. The average molecular weight is 251 g/mol. The van der Waals surface area contributed by atoms with Crippen molar-refractivity contribution in [2.75, 3.05) is 6.61 Å². The van der Waals surface area contributed by atoms with Crippen molar-refractivity contribution in [1.29, 1.82) is 0 Å². The number of aliphatic hydroxyl groups is 3. The molecule has 0 spiro atoms. The highest BCUT2D eigenvalue weighted by Crippen LogP contribution is 2.31. The highest BCUT2D eigenvalue weighted by Gasteiger charge is 2.44. The molecule has 1 aliphatic heterocycles. The Morgan fingerprint density at radius 1 is 1.39 bits per heavy atom. The van der Waals surface area contributed by atoms with Gasteiger partial charge in [0.15, 0.2) is 17.8 Å². The SMILES string of the molecule is OC[C@H]1OC(c2ncc3[nH][c]nc3n2)[C@H](O)[C@@H]1O. The largest absolute Gasteiger partial charge is 0.394 e. The maximum Gasteiger partial charge on any atom is 0.181 e. The predicted molar refractivity (Wildman–Crippen MR) is 57.2 cm³/mol. The molecule has 0 aliphatic carbocycles. The van der Waals surface area contributed by atoms with Crippen LogP contribution in [0.3, 0.4) is 0 Å². The van der Waals surface area contributed by atoms with Crippen molar-refractivity contribution in [3.8, 4) is 0 Å². The first kappa shape index (κ1) is 11.5. The maximum absolute atomic E-state index is 9.83. The molecule has 1 aliphatic rings. The fraction of sp³-hybridized carbons (Fsp3) is 0.500. The summed E-state index contributed by atoms with van der Waals surface area (Å²) >= 11 is 0. The molecule has 2 aromatic rings. The molecule has 4 N–H and O–H groups in total. The Kier molecular flexibility index (Phi) is 2.71. The third-order valence-corrected chi connectivity index (χ3v) is 2.94. The van der Waals surface area contributed by atoms with Crippen LogP contribution in [0.5, 0.6) is 0 Å². The van der Waals surface area contributed by atoms with Gasteiger partial charge in [-0.25, -0.2) is 15.0 Å². The van der Waals surface area contributed by atoms with E-state index in [4.69, 9.17) is 9.84 Å². The maximum atomic E-state index is 9.83. The standard InChI is InChI=1S/C10H11N4O4/c15-2-5-6(16)7(17)8(18-5)10-11-1-4-9(14-10)13-3-12-4/h1,5-8,15-17H,2H2,(H,11,12,13,14)/t5-,6-,7-,8?/m1/s1. The molecule has 0 saturated carbocycles. The van der Waals surface area contributed by atoms with E-state index < -0.39 is 24.4 Å². The normalized spacial score (nSPS) is 32.2. The molecule has 8 heteroatoms. The molecule has 4 atom stereocenters. The number of imidazole rings is 1. The van der Waals surface area contributed by atoms with Crippen LogP contribution in [0.2, 0.25) is 0 Å². The van der Waals surface area contributed by atoms with Crippen molar-refractivity contribution in [2.45, 2.75) is 24.4 Å². The average Bonchev–Trinajstić information content (AvgIpc) is 2.95. The van der Waals surface area contributed by atoms with E-state index in [1.165, 1.54) is 6.20 Å². The van der Waals surface area contributed by atoms with Crippen LogP contribution in [0.25, 0.3) is 11.2 Å². The van der Waals surface area contributed by atoms with E-state index in [1.807, 2.05) is 0 Å². The fourth-order valence-electron chi connectivity index (χ4n) is 1.95. The Morgan fingerprint density at radius 2 is 2.22 bits per heavy atom. The number of aromatic nitrogens is 4. The molecule has 3 rings (SSSR count). The van der Waals surface area contributed by atoms with Gasteiger partial charge in [0, 0.05) is 0 Å². The van der Waals surface area contributed by atoms with Crippen molar-refractivity contribution < 1.29 is 20.1 Å². The number of nitrogens with zero attached hydrogens (tertiary/aromatic N) is 3. The van der Waals surface area contributed by atoms with Crippen molar-refractivity contribution >= 4 is 11.2 Å². The lowest BCUT2D eigenvalue weighted by atomic mass is 10.1. The molecule has 0 bridgehead atoms. The quantitative estimate of drug-likeness (QED) is 0.501. The first-order chi connectivity index (χ1) is 8.70. The van der Waals surface area contributed by atoms with Crippen LogP contribution in [0.15, 0.2) is 6.20 Å². The van der Waals surface area contributed by atoms with Crippen LogP contribution < -0.4 is 0 Å². The van der Waals surface area contributed by atoms with Gasteiger partial charge < -0.3 is 25.0 Å². The Bertz CT molecular complexity index is 560. The summed E-state index contributed by atoms with van der Waals surface area (Å²) in [7, 11) is 0. The molecule has 95 valence electrons. The van der Waals surface area contributed by atoms with Crippen LogP contribution in [-0.4, -0.2) is 60.2 Å². The van der Waals surface area contributed by atoms with Gasteiger partial charge in [-0.15, -0.1) is 0 Å². The number of fused-ring (bicyclic) bond motifs is 1. The van der Waals surface area contributed by atoms with Gasteiger partial charge in [-0.3, -0.25) is 0 Å². The zero-order valence-electron chi connectivity index (χ0n) is 9.19. The van der Waals surface area contributed by atoms with Gasteiger partial charge in [0.2, 0.25) is 0 Å². The van der Waals surface area contributed by atoms with E-state index in [0.717, 1.165) is 0 Å². The number of rotatable bonds is 2. The molecular formula is C10H11N4O4. The minimum absolute atomic E-state index is 0.213. The highest BCUT2D eigenvalue weighted by molar-refractivity contribution is 5.67. The molecular weight excluding hydrogens is 240 g/mol. The van der Waals surface area contributed by atoms with Crippen LogP contribution in [0.1, 0.15) is 11.9 Å². The van der Waals surface area contributed by atoms with Gasteiger partial charge >= 0.3 is 0 Å². The van der Waals surface area contributed by atoms with Gasteiger partial charge in [-0.1, -0.05) is 0 Å². The van der Waals surface area contributed by atoms with E-state index in [9.17, 15) is 10.2 Å². The van der Waals surface area contributed by atoms with Crippen molar-refractivity contribution in [2.24, 2.45) is 0 Å². The predicted octanol–water partition coefficient (Wildman–Crippen LogP) is -1.69. The van der Waals surface area contributed by atoms with E-state index >= 15 is 0 Å². The molecule has 0 amide bonds. The smallest absolute Gasteiger partial charge is 0.181 e. The minimum atomic E-state index is -1.18. The zero-order valence-corrected chi connectivity index (χ0v) is 9.19.